The lowest BCUT2D eigenvalue weighted by atomic mass is 9.92. The number of likely N-dealkylation sites (tertiary alicyclic amines) is 2. The Bertz CT molecular complexity index is 5740. The Kier molecular flexibility index (Phi) is 24.9. The lowest BCUT2D eigenvalue weighted by molar-refractivity contribution is -0.129. The second-order valence-electron chi connectivity index (χ2n) is 35.3. The normalized spacial score (nSPS) is 21.2. The van der Waals surface area contributed by atoms with Gasteiger partial charge >= 0.3 is 18.0 Å². The molecule has 3 aromatic heterocycles. The van der Waals surface area contributed by atoms with Gasteiger partial charge in [0, 0.05) is 159 Å². The summed E-state index contributed by atoms with van der Waals surface area (Å²) in [5.41, 5.74) is 11.2. The number of hydrogen-bond acceptors (Lipinski definition) is 25. The van der Waals surface area contributed by atoms with Gasteiger partial charge in [-0.3, -0.25) is 24.2 Å². The Labute approximate surface area is 731 Å². The molecule has 8 aliphatic rings. The zero-order valence-corrected chi connectivity index (χ0v) is 72.6. The summed E-state index contributed by atoms with van der Waals surface area (Å²) in [5, 5.41) is 36.9. The van der Waals surface area contributed by atoms with Crippen LogP contribution in [0.15, 0.2) is 153 Å². The van der Waals surface area contributed by atoms with Crippen molar-refractivity contribution in [2.75, 3.05) is 169 Å². The van der Waals surface area contributed by atoms with E-state index in [1.165, 1.54) is 34.6 Å². The molecule has 0 spiro atoms. The molecular weight excluding hydrogens is 1570 g/mol. The average molecular weight is 1680 g/mol. The SMILES string of the molecule is C=CC(=O)N1CCN(c2nc(OC[C@@H]3C[C@@H](OCc4ccc(N5CCc6c(nc(OCC(C)(C)N(C)C)nc6N6CCN(C(=O)C=C)C(CC#N)C6)C5)c5ccccc45)CN3C)nc3c2CCN(c2cc(C4C[C@H](COc5nc6c(c(N7CCN(C(=O)C=C)[C@@H](CC#N)C7)n5)CCN(c5cccc7ccccc57)C6)N(C)C4)cc4ccccc24)C3)CC1CC#N. The first-order chi connectivity index (χ1) is 60.7. The standard InChI is InChI=1S/C97H111N21O7/c1-10-88(119)116-45-42-113(53-69(116)30-36-98)91-79-33-39-110(85-27-19-22-64-20-13-15-24-76(64)85)57-82(79)101-94(104-91)123-61-72-49-68(52-108(72)8)67-48-65-21-14-16-25-77(65)87(50-67)112-41-35-81-84(59-112)102-95(105-92(81)114-43-46-117(89(120)11-2)70(54-114)31-37-99)124-62-73-51-74(56-109(73)9)122-60-66-28-29-86(78-26-18-17-23-75(66)78)111-40-34-80-83(58-111)103-96(125-63-97(4,5)107(6)7)106-93(80)115-44-47-118(90(121)12-3)71(55-115)32-38-100/h10-29,48,50,68-74H,1-3,30-35,39-47,49,51-63H2,4-9H3/t68?,69-,70?,71?,72+,73-,74+/m0/s1. The first-order valence-electron chi connectivity index (χ1n) is 43.9. The molecule has 5 fully saturated rings. The minimum Gasteiger partial charge on any atom is -0.462 e. The van der Waals surface area contributed by atoms with Crippen molar-refractivity contribution in [3.63, 3.8) is 0 Å². The molecular formula is C97H111N21O7. The van der Waals surface area contributed by atoms with Crippen molar-refractivity contribution in [2.45, 2.75) is 139 Å². The molecule has 0 radical (unpaired) electrons. The van der Waals surface area contributed by atoms with Crippen LogP contribution in [0.2, 0.25) is 0 Å². The largest absolute Gasteiger partial charge is 0.462 e. The zero-order chi connectivity index (χ0) is 86.7. The third kappa shape index (κ3) is 17.6. The van der Waals surface area contributed by atoms with Gasteiger partial charge in [-0.25, -0.2) is 0 Å². The number of carbonyl (C=O) groups is 3. The quantitative estimate of drug-likeness (QED) is 0.0456. The number of aromatic nitrogens is 6. The summed E-state index contributed by atoms with van der Waals surface area (Å²) in [6, 6.07) is 48.1. The van der Waals surface area contributed by atoms with Gasteiger partial charge in [0.15, 0.2) is 0 Å². The maximum atomic E-state index is 13.3. The highest BCUT2D eigenvalue weighted by Crippen LogP contribution is 2.43. The average Bonchev–Trinajstić information content (AvgIpc) is 1.37. The lowest BCUT2D eigenvalue weighted by Gasteiger charge is -2.42. The van der Waals surface area contributed by atoms with E-state index < -0.39 is 0 Å². The molecule has 28 heteroatoms. The Hall–Kier alpha value is -12.5. The van der Waals surface area contributed by atoms with Crippen LogP contribution in [0.25, 0.3) is 32.3 Å². The van der Waals surface area contributed by atoms with E-state index in [0.29, 0.717) is 149 Å². The van der Waals surface area contributed by atoms with Crippen LogP contribution >= 0.6 is 0 Å². The highest BCUT2D eigenvalue weighted by molar-refractivity contribution is 5.98. The van der Waals surface area contributed by atoms with E-state index in [0.717, 1.165) is 128 Å². The summed E-state index contributed by atoms with van der Waals surface area (Å²) >= 11 is 0. The Morgan fingerprint density at radius 3 is 1.39 bits per heavy atom. The maximum absolute atomic E-state index is 13.3. The van der Waals surface area contributed by atoms with Crippen LogP contribution in [-0.2, 0) is 64.6 Å². The second kappa shape index (κ2) is 36.7. The molecule has 646 valence electrons. The summed E-state index contributed by atoms with van der Waals surface area (Å²) < 4.78 is 27.1. The first kappa shape index (κ1) is 84.7. The molecule has 8 aliphatic heterocycles. The summed E-state index contributed by atoms with van der Waals surface area (Å²) in [5.74, 6) is 1.98. The van der Waals surface area contributed by atoms with E-state index in [4.69, 9.17) is 48.9 Å². The van der Waals surface area contributed by atoms with Crippen molar-refractivity contribution in [1.29, 1.82) is 15.8 Å². The number of amides is 3. The van der Waals surface area contributed by atoms with Crippen LogP contribution in [0, 0.1) is 34.0 Å². The fraction of sp³-hybridized carbons (Fsp3) is 0.443. The smallest absolute Gasteiger partial charge is 0.318 e. The van der Waals surface area contributed by atoms with Crippen LogP contribution in [0.3, 0.4) is 0 Å². The topological polar surface area (TPSA) is 276 Å². The molecule has 125 heavy (non-hydrogen) atoms. The Morgan fingerprint density at radius 2 is 0.896 bits per heavy atom. The number of piperazine rings is 3. The van der Waals surface area contributed by atoms with Gasteiger partial charge in [-0.1, -0.05) is 117 Å². The number of rotatable bonds is 26. The highest BCUT2D eigenvalue weighted by Gasteiger charge is 2.41. The third-order valence-electron chi connectivity index (χ3n) is 27.3. The molecule has 9 aromatic rings. The Balaban J connectivity index is 0.591. The van der Waals surface area contributed by atoms with Gasteiger partial charge in [0.25, 0.3) is 0 Å². The minimum atomic E-state index is -0.372. The number of fused-ring (bicyclic) bond motifs is 6. The number of nitriles is 3. The van der Waals surface area contributed by atoms with Gasteiger partial charge in [0.05, 0.1) is 105 Å². The van der Waals surface area contributed by atoms with Crippen LogP contribution in [0.5, 0.6) is 18.0 Å². The third-order valence-corrected chi connectivity index (χ3v) is 27.3. The fourth-order valence-electron chi connectivity index (χ4n) is 19.8. The van der Waals surface area contributed by atoms with Crippen LogP contribution in [-0.4, -0.2) is 259 Å². The van der Waals surface area contributed by atoms with Gasteiger partial charge in [-0.15, -0.1) is 0 Å². The number of anilines is 6. The van der Waals surface area contributed by atoms with Crippen molar-refractivity contribution >= 4 is 84.6 Å². The van der Waals surface area contributed by atoms with E-state index in [2.05, 4.69) is 225 Å². The molecule has 7 atom stereocenters. The molecule has 11 heterocycles. The summed E-state index contributed by atoms with van der Waals surface area (Å²) in [4.78, 5) is 96.8. The van der Waals surface area contributed by atoms with E-state index in [1.807, 2.05) is 14.1 Å². The number of carbonyl (C=O) groups excluding carboxylic acids is 3. The van der Waals surface area contributed by atoms with Crippen molar-refractivity contribution in [1.82, 2.24) is 59.3 Å². The van der Waals surface area contributed by atoms with Crippen molar-refractivity contribution in [2.24, 2.45) is 0 Å². The number of nitrogens with zero attached hydrogens (tertiary/aromatic N) is 21. The molecule has 0 bridgehead atoms. The van der Waals surface area contributed by atoms with Gasteiger partial charge in [-0.2, -0.15) is 45.7 Å². The van der Waals surface area contributed by atoms with E-state index in [9.17, 15) is 30.2 Å². The van der Waals surface area contributed by atoms with E-state index in [-0.39, 0.29) is 90.8 Å². The molecule has 6 aromatic carbocycles. The molecule has 3 amide bonds. The first-order valence-corrected chi connectivity index (χ1v) is 43.9. The van der Waals surface area contributed by atoms with Gasteiger partial charge in [0.2, 0.25) is 17.7 Å². The minimum absolute atomic E-state index is 0.0131. The van der Waals surface area contributed by atoms with Crippen LogP contribution in [0.1, 0.15) is 96.8 Å². The van der Waals surface area contributed by atoms with Crippen LogP contribution < -0.4 is 43.6 Å². The number of benzene rings is 6. The molecule has 0 aliphatic carbocycles. The van der Waals surface area contributed by atoms with Gasteiger partial charge in [0.1, 0.15) is 37.3 Å². The number of ether oxygens (including phenoxy) is 4. The zero-order valence-electron chi connectivity index (χ0n) is 72.6. The monoisotopic (exact) mass is 1680 g/mol. The number of hydrogen-bond donors (Lipinski definition) is 0. The molecule has 3 unspecified atom stereocenters. The fourth-order valence-corrected chi connectivity index (χ4v) is 19.8. The van der Waals surface area contributed by atoms with Crippen molar-refractivity contribution in [3.05, 3.63) is 198 Å². The molecule has 5 saturated heterocycles. The number of likely N-dealkylation sites (N-methyl/N-ethyl adjacent to an activating group) is 3. The Morgan fingerprint density at radius 1 is 0.464 bits per heavy atom. The van der Waals surface area contributed by atoms with Crippen molar-refractivity contribution in [3.8, 4) is 36.2 Å². The van der Waals surface area contributed by atoms with Crippen LogP contribution in [0.4, 0.5) is 34.5 Å². The van der Waals surface area contributed by atoms with Crippen molar-refractivity contribution < 1.29 is 33.3 Å². The summed E-state index contributed by atoms with van der Waals surface area (Å²) in [6.45, 7) is 26.4. The predicted molar refractivity (Wildman–Crippen MR) is 484 cm³/mol. The molecule has 17 rings (SSSR count). The molecule has 0 N–H and O–H groups in total. The predicted octanol–water partition coefficient (Wildman–Crippen LogP) is 10.8. The van der Waals surface area contributed by atoms with E-state index in [1.54, 1.807) is 14.7 Å². The maximum Gasteiger partial charge on any atom is 0.318 e. The summed E-state index contributed by atoms with van der Waals surface area (Å²) in [7, 11) is 8.35. The highest BCUT2D eigenvalue weighted by atomic mass is 16.5. The molecule has 28 nitrogen and oxygen atoms in total. The van der Waals surface area contributed by atoms with Gasteiger partial charge in [-0.05, 0) is 144 Å². The molecule has 0 saturated carbocycles. The lowest BCUT2D eigenvalue weighted by Crippen LogP contribution is -2.55. The second-order valence-corrected chi connectivity index (χ2v) is 35.3. The van der Waals surface area contributed by atoms with Gasteiger partial charge < -0.3 is 67.9 Å². The summed E-state index contributed by atoms with van der Waals surface area (Å²) in [6.07, 6.45) is 8.03. The van der Waals surface area contributed by atoms with E-state index >= 15 is 0 Å².